The molecule has 0 saturated carbocycles. The first-order valence-corrected chi connectivity index (χ1v) is 12.2. The van der Waals surface area contributed by atoms with Crippen molar-refractivity contribution in [2.45, 2.75) is 46.4 Å². The minimum Gasteiger partial charge on any atom is -0.480 e. The van der Waals surface area contributed by atoms with Crippen LogP contribution in [0.1, 0.15) is 52.0 Å². The molecule has 8 heteroatoms. The largest absolute Gasteiger partial charge is 0.480 e. The van der Waals surface area contributed by atoms with Crippen molar-refractivity contribution in [1.82, 2.24) is 20.2 Å². The zero-order valence-corrected chi connectivity index (χ0v) is 20.6. The number of nitrogens with zero attached hydrogens (tertiary/aromatic N) is 3. The van der Waals surface area contributed by atoms with Crippen LogP contribution in [0, 0.1) is 12.8 Å². The molecule has 3 aromatic rings. The third-order valence-corrected chi connectivity index (χ3v) is 7.28. The smallest absolute Gasteiger partial charge is 0.261 e. The fourth-order valence-corrected chi connectivity index (χ4v) is 5.52. The van der Waals surface area contributed by atoms with Crippen LogP contribution < -0.4 is 10.1 Å². The molecule has 1 unspecified atom stereocenters. The molecule has 1 aromatic carbocycles. The van der Waals surface area contributed by atoms with E-state index >= 15 is 0 Å². The van der Waals surface area contributed by atoms with Crippen LogP contribution in [-0.4, -0.2) is 48.1 Å². The van der Waals surface area contributed by atoms with Gasteiger partial charge in [-0.25, -0.2) is 4.98 Å². The van der Waals surface area contributed by atoms with Crippen molar-refractivity contribution in [3.63, 3.8) is 0 Å². The Morgan fingerprint density at radius 3 is 2.67 bits per heavy atom. The van der Waals surface area contributed by atoms with E-state index in [0.717, 1.165) is 33.8 Å². The number of carbonyl (C=O) groups is 1. The minimum atomic E-state index is -0.114. The van der Waals surface area contributed by atoms with Gasteiger partial charge in [-0.2, -0.15) is 4.98 Å². The van der Waals surface area contributed by atoms with Crippen LogP contribution >= 0.6 is 11.3 Å². The Morgan fingerprint density at radius 1 is 1.21 bits per heavy atom. The third kappa shape index (κ3) is 5.51. The number of aryl methyl sites for hydroxylation is 1. The highest BCUT2D eigenvalue weighted by molar-refractivity contribution is 7.20. The van der Waals surface area contributed by atoms with E-state index in [-0.39, 0.29) is 12.5 Å². The SMILES string of the molecule is COCc1nc(OC)c2c(C)c(C(=O)NCc3ccc(CN4CCCC(C)C4)cc3)sc2n1. The third-order valence-electron chi connectivity index (χ3n) is 6.10. The normalized spacial score (nSPS) is 16.8. The van der Waals surface area contributed by atoms with E-state index in [4.69, 9.17) is 9.47 Å². The molecule has 0 spiro atoms. The Bertz CT molecular complexity index is 1110. The zero-order chi connectivity index (χ0) is 23.4. The molecule has 0 bridgehead atoms. The standard InChI is InChI=1S/C25H32N4O3S/c1-16-6-5-11-29(13-16)14-19-9-7-18(8-10-19)12-26-23(30)22-17(2)21-24(32-4)27-20(15-31-3)28-25(21)33-22/h7-10,16H,5-6,11-15H2,1-4H3,(H,26,30). The molecule has 0 aliphatic carbocycles. The van der Waals surface area contributed by atoms with E-state index in [1.54, 1.807) is 14.2 Å². The lowest BCUT2D eigenvalue weighted by Gasteiger charge is -2.30. The summed E-state index contributed by atoms with van der Waals surface area (Å²) < 4.78 is 10.6. The Kier molecular flexibility index (Phi) is 7.57. The fourth-order valence-electron chi connectivity index (χ4n) is 4.42. The predicted octanol–water partition coefficient (Wildman–Crippen LogP) is 4.32. The van der Waals surface area contributed by atoms with Crippen molar-refractivity contribution >= 4 is 27.5 Å². The minimum absolute atomic E-state index is 0.114. The lowest BCUT2D eigenvalue weighted by molar-refractivity contribution is 0.0954. The molecule has 3 heterocycles. The first-order chi connectivity index (χ1) is 16.0. The second kappa shape index (κ2) is 10.6. The number of ether oxygens (including phenoxy) is 2. The number of likely N-dealkylation sites (tertiary alicyclic amines) is 1. The van der Waals surface area contributed by atoms with Gasteiger partial charge in [0, 0.05) is 26.7 Å². The van der Waals surface area contributed by atoms with Crippen molar-refractivity contribution in [3.05, 3.63) is 51.7 Å². The number of aromatic nitrogens is 2. The second-order valence-electron chi connectivity index (χ2n) is 8.80. The van der Waals surface area contributed by atoms with Crippen LogP contribution in [0.5, 0.6) is 5.88 Å². The molecule has 2 aromatic heterocycles. The van der Waals surface area contributed by atoms with Gasteiger partial charge in [0.25, 0.3) is 5.91 Å². The fraction of sp³-hybridized carbons (Fsp3) is 0.480. The number of carbonyl (C=O) groups excluding carboxylic acids is 1. The highest BCUT2D eigenvalue weighted by Gasteiger charge is 2.21. The van der Waals surface area contributed by atoms with Crippen LogP contribution in [0.3, 0.4) is 0 Å². The van der Waals surface area contributed by atoms with Gasteiger partial charge in [-0.1, -0.05) is 31.2 Å². The van der Waals surface area contributed by atoms with Gasteiger partial charge in [0.2, 0.25) is 5.88 Å². The Labute approximate surface area is 199 Å². The highest BCUT2D eigenvalue weighted by Crippen LogP contribution is 2.35. The molecule has 1 atom stereocenters. The van der Waals surface area contributed by atoms with E-state index < -0.39 is 0 Å². The summed E-state index contributed by atoms with van der Waals surface area (Å²) in [5, 5.41) is 3.83. The number of hydrogen-bond acceptors (Lipinski definition) is 7. The number of methoxy groups -OCH3 is 2. The lowest BCUT2D eigenvalue weighted by Crippen LogP contribution is -2.33. The van der Waals surface area contributed by atoms with Crippen molar-refractivity contribution < 1.29 is 14.3 Å². The molecular formula is C25H32N4O3S. The summed E-state index contributed by atoms with van der Waals surface area (Å²) in [6, 6.07) is 8.55. The summed E-state index contributed by atoms with van der Waals surface area (Å²) in [6.07, 6.45) is 2.62. The number of nitrogens with one attached hydrogen (secondary N) is 1. The van der Waals surface area contributed by atoms with Crippen LogP contribution in [0.2, 0.25) is 0 Å². The van der Waals surface area contributed by atoms with Crippen LogP contribution in [0.25, 0.3) is 10.2 Å². The number of thiophene rings is 1. The zero-order valence-electron chi connectivity index (χ0n) is 19.8. The maximum absolute atomic E-state index is 13.0. The van der Waals surface area contributed by atoms with Crippen molar-refractivity contribution in [2.75, 3.05) is 27.3 Å². The van der Waals surface area contributed by atoms with E-state index in [1.807, 2.05) is 6.92 Å². The Morgan fingerprint density at radius 2 is 1.97 bits per heavy atom. The van der Waals surface area contributed by atoms with E-state index in [1.165, 1.54) is 42.8 Å². The first-order valence-electron chi connectivity index (χ1n) is 11.4. The molecule has 1 N–H and O–H groups in total. The van der Waals surface area contributed by atoms with E-state index in [2.05, 4.69) is 51.4 Å². The van der Waals surface area contributed by atoms with Crippen LogP contribution in [-0.2, 0) is 24.4 Å². The molecule has 7 nitrogen and oxygen atoms in total. The first kappa shape index (κ1) is 23.6. The number of hydrogen-bond donors (Lipinski definition) is 1. The van der Waals surface area contributed by atoms with Gasteiger partial charge in [-0.15, -0.1) is 11.3 Å². The number of fused-ring (bicyclic) bond motifs is 1. The highest BCUT2D eigenvalue weighted by atomic mass is 32.1. The molecule has 4 rings (SSSR count). The molecule has 176 valence electrons. The maximum Gasteiger partial charge on any atom is 0.261 e. The number of piperidine rings is 1. The lowest BCUT2D eigenvalue weighted by atomic mass is 9.99. The predicted molar refractivity (Wildman–Crippen MR) is 131 cm³/mol. The quantitative estimate of drug-likeness (QED) is 0.531. The molecule has 1 saturated heterocycles. The number of benzene rings is 1. The van der Waals surface area contributed by atoms with Crippen LogP contribution in [0.15, 0.2) is 24.3 Å². The Hall–Kier alpha value is -2.55. The van der Waals surface area contributed by atoms with Gasteiger partial charge in [0.15, 0.2) is 5.82 Å². The summed E-state index contributed by atoms with van der Waals surface area (Å²) >= 11 is 1.35. The van der Waals surface area contributed by atoms with Crippen LogP contribution in [0.4, 0.5) is 0 Å². The monoisotopic (exact) mass is 468 g/mol. The Balaban J connectivity index is 1.41. The molecule has 1 aliphatic heterocycles. The second-order valence-corrected chi connectivity index (χ2v) is 9.80. The van der Waals surface area contributed by atoms with E-state index in [9.17, 15) is 4.79 Å². The van der Waals surface area contributed by atoms with Gasteiger partial charge in [-0.05, 0) is 48.9 Å². The van der Waals surface area contributed by atoms with E-state index in [0.29, 0.717) is 23.1 Å². The van der Waals surface area contributed by atoms with Gasteiger partial charge in [0.1, 0.15) is 11.4 Å². The topological polar surface area (TPSA) is 76.6 Å². The number of rotatable bonds is 8. The molecule has 0 radical (unpaired) electrons. The molecule has 1 aliphatic rings. The van der Waals surface area contributed by atoms with Gasteiger partial charge in [0.05, 0.1) is 17.4 Å². The van der Waals surface area contributed by atoms with Crippen molar-refractivity contribution in [1.29, 1.82) is 0 Å². The van der Waals surface area contributed by atoms with Gasteiger partial charge < -0.3 is 14.8 Å². The molecule has 1 fully saturated rings. The average Bonchev–Trinajstić information content (AvgIpc) is 3.14. The summed E-state index contributed by atoms with van der Waals surface area (Å²) in [5.74, 6) is 1.67. The molecule has 33 heavy (non-hydrogen) atoms. The molecule has 1 amide bonds. The average molecular weight is 469 g/mol. The maximum atomic E-state index is 13.0. The summed E-state index contributed by atoms with van der Waals surface area (Å²) in [4.78, 5) is 25.8. The van der Waals surface area contributed by atoms with Gasteiger partial charge >= 0.3 is 0 Å². The molecular weight excluding hydrogens is 436 g/mol. The number of amides is 1. The summed E-state index contributed by atoms with van der Waals surface area (Å²) in [5.41, 5.74) is 3.23. The van der Waals surface area contributed by atoms with Gasteiger partial charge in [-0.3, -0.25) is 9.69 Å². The summed E-state index contributed by atoms with van der Waals surface area (Å²) in [7, 11) is 3.17. The van der Waals surface area contributed by atoms with Crippen molar-refractivity contribution in [3.8, 4) is 5.88 Å². The van der Waals surface area contributed by atoms with Crippen molar-refractivity contribution in [2.24, 2.45) is 5.92 Å². The summed E-state index contributed by atoms with van der Waals surface area (Å²) in [6.45, 7) is 8.35.